The molecular formula is C14H22N2O. The van der Waals surface area contributed by atoms with Gasteiger partial charge in [0.1, 0.15) is 5.75 Å². The van der Waals surface area contributed by atoms with Gasteiger partial charge in [-0.25, -0.2) is 0 Å². The molecule has 1 atom stereocenters. The first-order valence-corrected chi connectivity index (χ1v) is 6.16. The minimum absolute atomic E-state index is 0.130. The van der Waals surface area contributed by atoms with Crippen molar-refractivity contribution in [3.63, 3.8) is 0 Å². The lowest BCUT2D eigenvalue weighted by Crippen LogP contribution is -2.29. The summed E-state index contributed by atoms with van der Waals surface area (Å²) >= 11 is 0. The van der Waals surface area contributed by atoms with Crippen LogP contribution in [0.15, 0.2) is 18.2 Å². The summed E-state index contributed by atoms with van der Waals surface area (Å²) in [6, 6.07) is 6.31. The number of nitrogens with zero attached hydrogens (tertiary/aromatic N) is 1. The molecule has 2 rings (SSSR count). The smallest absolute Gasteiger partial charge is 0.123 e. The molecule has 1 aliphatic rings. The molecule has 0 aromatic heterocycles. The molecule has 2 N–H and O–H groups in total. The number of hydrogen-bond donors (Lipinski definition) is 1. The third-order valence-electron chi connectivity index (χ3n) is 3.59. The Labute approximate surface area is 104 Å². The Kier molecular flexibility index (Phi) is 3.40. The molecular weight excluding hydrogens is 212 g/mol. The van der Waals surface area contributed by atoms with Crippen molar-refractivity contribution in [1.29, 1.82) is 0 Å². The van der Waals surface area contributed by atoms with Gasteiger partial charge in [0.05, 0.1) is 6.61 Å². The number of nitrogens with two attached hydrogens (primary N) is 1. The summed E-state index contributed by atoms with van der Waals surface area (Å²) in [5, 5.41) is 0. The second-order valence-corrected chi connectivity index (χ2v) is 5.44. The molecule has 0 aliphatic carbocycles. The molecule has 17 heavy (non-hydrogen) atoms. The molecule has 1 unspecified atom stereocenters. The Morgan fingerprint density at radius 2 is 2.18 bits per heavy atom. The minimum atomic E-state index is 0.130. The number of rotatable bonds is 4. The molecule has 0 bridgehead atoms. The van der Waals surface area contributed by atoms with E-state index in [4.69, 9.17) is 10.5 Å². The highest BCUT2D eigenvalue weighted by Gasteiger charge is 2.36. The molecule has 0 spiro atoms. The summed E-state index contributed by atoms with van der Waals surface area (Å²) in [4.78, 5) is 2.22. The van der Waals surface area contributed by atoms with Crippen LogP contribution in [0.1, 0.15) is 24.5 Å². The van der Waals surface area contributed by atoms with Gasteiger partial charge in [-0.3, -0.25) is 0 Å². The molecule has 0 saturated heterocycles. The zero-order valence-corrected chi connectivity index (χ0v) is 11.0. The Bertz CT molecular complexity index is 403. The maximum atomic E-state index is 5.79. The summed E-state index contributed by atoms with van der Waals surface area (Å²) in [6.07, 6.45) is 1.11. The number of hydrogen-bond acceptors (Lipinski definition) is 3. The zero-order chi connectivity index (χ0) is 12.5. The molecule has 1 aromatic carbocycles. The van der Waals surface area contributed by atoms with Crippen LogP contribution in [0.25, 0.3) is 0 Å². The Balaban J connectivity index is 2.24. The van der Waals surface area contributed by atoms with Gasteiger partial charge in [-0.05, 0) is 38.7 Å². The van der Waals surface area contributed by atoms with E-state index in [0.29, 0.717) is 6.54 Å². The van der Waals surface area contributed by atoms with Crippen molar-refractivity contribution in [2.24, 2.45) is 5.73 Å². The molecule has 1 aliphatic heterocycles. The summed E-state index contributed by atoms with van der Waals surface area (Å²) in [5.41, 5.74) is 8.34. The molecule has 0 fully saturated rings. The zero-order valence-electron chi connectivity index (χ0n) is 11.0. The van der Waals surface area contributed by atoms with E-state index < -0.39 is 0 Å². The topological polar surface area (TPSA) is 38.5 Å². The van der Waals surface area contributed by atoms with E-state index in [1.807, 2.05) is 0 Å². The van der Waals surface area contributed by atoms with E-state index in [0.717, 1.165) is 25.3 Å². The maximum absolute atomic E-state index is 5.79. The first-order chi connectivity index (χ1) is 8.05. The summed E-state index contributed by atoms with van der Waals surface area (Å²) in [7, 11) is 4.22. The lowest BCUT2D eigenvalue weighted by Gasteiger charge is -2.24. The lowest BCUT2D eigenvalue weighted by molar-refractivity contribution is 0.247. The Morgan fingerprint density at radius 3 is 2.82 bits per heavy atom. The van der Waals surface area contributed by atoms with Crippen LogP contribution < -0.4 is 10.5 Å². The van der Waals surface area contributed by atoms with Crippen LogP contribution in [0, 0.1) is 0 Å². The van der Waals surface area contributed by atoms with Crippen molar-refractivity contribution in [1.82, 2.24) is 4.90 Å². The molecule has 0 amide bonds. The van der Waals surface area contributed by atoms with E-state index in [-0.39, 0.29) is 5.41 Å². The predicted molar refractivity (Wildman–Crippen MR) is 70.4 cm³/mol. The summed E-state index contributed by atoms with van der Waals surface area (Å²) in [6.45, 7) is 4.73. The van der Waals surface area contributed by atoms with Crippen molar-refractivity contribution < 1.29 is 4.74 Å². The largest absolute Gasteiger partial charge is 0.492 e. The average Bonchev–Trinajstić information content (AvgIpc) is 2.65. The Morgan fingerprint density at radius 1 is 1.41 bits per heavy atom. The third kappa shape index (κ3) is 2.45. The van der Waals surface area contributed by atoms with Crippen LogP contribution in [0.4, 0.5) is 0 Å². The van der Waals surface area contributed by atoms with E-state index in [1.54, 1.807) is 0 Å². The van der Waals surface area contributed by atoms with Gasteiger partial charge >= 0.3 is 0 Å². The molecule has 0 radical (unpaired) electrons. The normalized spacial score (nSPS) is 22.6. The fourth-order valence-corrected chi connectivity index (χ4v) is 2.29. The van der Waals surface area contributed by atoms with Crippen LogP contribution >= 0.6 is 0 Å². The number of ether oxygens (including phenoxy) is 1. The summed E-state index contributed by atoms with van der Waals surface area (Å²) in [5.74, 6) is 1.03. The molecule has 0 saturated carbocycles. The molecule has 94 valence electrons. The minimum Gasteiger partial charge on any atom is -0.492 e. The standard InChI is InChI=1S/C14H22N2O/c1-14(6-7-16(2)3)10-17-13-5-4-11(9-15)8-12(13)14/h4-5,8H,6-7,9-10,15H2,1-3H3. The van der Waals surface area contributed by atoms with E-state index in [2.05, 4.69) is 44.1 Å². The quantitative estimate of drug-likeness (QED) is 0.862. The van der Waals surface area contributed by atoms with Crippen LogP contribution in [-0.2, 0) is 12.0 Å². The fraction of sp³-hybridized carbons (Fsp3) is 0.571. The van der Waals surface area contributed by atoms with Crippen LogP contribution in [0.5, 0.6) is 5.75 Å². The van der Waals surface area contributed by atoms with Gasteiger partial charge in [-0.15, -0.1) is 0 Å². The Hall–Kier alpha value is -1.06. The first-order valence-electron chi connectivity index (χ1n) is 6.16. The van der Waals surface area contributed by atoms with Gasteiger partial charge in [0, 0.05) is 17.5 Å². The highest BCUT2D eigenvalue weighted by molar-refractivity contribution is 5.45. The van der Waals surface area contributed by atoms with E-state index in [9.17, 15) is 0 Å². The van der Waals surface area contributed by atoms with Gasteiger partial charge in [0.15, 0.2) is 0 Å². The van der Waals surface area contributed by atoms with Crippen LogP contribution in [0.3, 0.4) is 0 Å². The predicted octanol–water partition coefficient (Wildman–Crippen LogP) is 1.75. The van der Waals surface area contributed by atoms with Crippen molar-refractivity contribution in [2.75, 3.05) is 27.2 Å². The van der Waals surface area contributed by atoms with Gasteiger partial charge in [-0.2, -0.15) is 0 Å². The van der Waals surface area contributed by atoms with Gasteiger partial charge < -0.3 is 15.4 Å². The van der Waals surface area contributed by atoms with Crippen LogP contribution in [0.2, 0.25) is 0 Å². The highest BCUT2D eigenvalue weighted by Crippen LogP contribution is 2.41. The number of fused-ring (bicyclic) bond motifs is 1. The maximum Gasteiger partial charge on any atom is 0.123 e. The fourth-order valence-electron chi connectivity index (χ4n) is 2.29. The van der Waals surface area contributed by atoms with Gasteiger partial charge in [0.2, 0.25) is 0 Å². The van der Waals surface area contributed by atoms with Gasteiger partial charge in [-0.1, -0.05) is 19.1 Å². The van der Waals surface area contributed by atoms with Crippen molar-refractivity contribution in [3.05, 3.63) is 29.3 Å². The van der Waals surface area contributed by atoms with E-state index in [1.165, 1.54) is 11.1 Å². The molecule has 3 nitrogen and oxygen atoms in total. The van der Waals surface area contributed by atoms with Gasteiger partial charge in [0.25, 0.3) is 0 Å². The van der Waals surface area contributed by atoms with Crippen LogP contribution in [-0.4, -0.2) is 32.1 Å². The van der Waals surface area contributed by atoms with Crippen molar-refractivity contribution >= 4 is 0 Å². The molecule has 1 heterocycles. The SMILES string of the molecule is CN(C)CCC1(C)COc2ccc(CN)cc21. The van der Waals surface area contributed by atoms with E-state index >= 15 is 0 Å². The average molecular weight is 234 g/mol. The second kappa shape index (κ2) is 4.67. The lowest BCUT2D eigenvalue weighted by atomic mass is 9.81. The summed E-state index contributed by atoms with van der Waals surface area (Å²) < 4.78 is 5.79. The third-order valence-corrected chi connectivity index (χ3v) is 3.59. The molecule has 1 aromatic rings. The number of benzene rings is 1. The highest BCUT2D eigenvalue weighted by atomic mass is 16.5. The van der Waals surface area contributed by atoms with Crippen molar-refractivity contribution in [3.8, 4) is 5.75 Å². The second-order valence-electron chi connectivity index (χ2n) is 5.44. The van der Waals surface area contributed by atoms with Crippen molar-refractivity contribution in [2.45, 2.75) is 25.3 Å². The first kappa shape index (κ1) is 12.4. The monoisotopic (exact) mass is 234 g/mol. The molecule has 3 heteroatoms.